The number of halogens is 1. The second-order valence-electron chi connectivity index (χ2n) is 3.74. The van der Waals surface area contributed by atoms with E-state index in [1.54, 1.807) is 36.3 Å². The first kappa shape index (κ1) is 11.5. The van der Waals surface area contributed by atoms with Crippen molar-refractivity contribution >= 4 is 11.5 Å². The Morgan fingerprint density at radius 1 is 1.29 bits per heavy atom. The van der Waals surface area contributed by atoms with E-state index in [0.717, 1.165) is 5.56 Å². The van der Waals surface area contributed by atoms with Gasteiger partial charge >= 0.3 is 0 Å². The van der Waals surface area contributed by atoms with Crippen LogP contribution in [-0.2, 0) is 6.54 Å². The summed E-state index contributed by atoms with van der Waals surface area (Å²) in [7, 11) is 1.78. The first-order valence-electron chi connectivity index (χ1n) is 5.35. The molecule has 2 aromatic rings. The van der Waals surface area contributed by atoms with Crippen LogP contribution >= 0.6 is 0 Å². The van der Waals surface area contributed by atoms with E-state index in [1.807, 2.05) is 12.1 Å². The minimum absolute atomic E-state index is 0.269. The molecule has 0 amide bonds. The number of nitrogens with zero attached hydrogens (tertiary/aromatic N) is 2. The fourth-order valence-electron chi connectivity index (χ4n) is 1.62. The third kappa shape index (κ3) is 2.42. The molecule has 0 radical (unpaired) electrons. The van der Waals surface area contributed by atoms with E-state index < -0.39 is 0 Å². The highest BCUT2D eigenvalue weighted by Gasteiger charge is 2.09. The molecular formula is C13H14FN3. The van der Waals surface area contributed by atoms with Crippen molar-refractivity contribution in [1.82, 2.24) is 4.98 Å². The summed E-state index contributed by atoms with van der Waals surface area (Å²) in [5, 5.41) is 0. The molecule has 0 aliphatic carbocycles. The van der Waals surface area contributed by atoms with Crippen molar-refractivity contribution in [1.29, 1.82) is 0 Å². The molecule has 4 heteroatoms. The van der Waals surface area contributed by atoms with Crippen LogP contribution in [0.25, 0.3) is 0 Å². The largest absolute Gasteiger partial charge is 0.327 e. The van der Waals surface area contributed by atoms with Crippen LogP contribution in [0.5, 0.6) is 0 Å². The molecule has 2 N–H and O–H groups in total. The second kappa shape index (κ2) is 4.93. The van der Waals surface area contributed by atoms with Gasteiger partial charge in [-0.3, -0.25) is 0 Å². The number of pyridine rings is 1. The number of benzene rings is 1. The molecule has 17 heavy (non-hydrogen) atoms. The van der Waals surface area contributed by atoms with Crippen LogP contribution < -0.4 is 10.6 Å². The average Bonchev–Trinajstić information content (AvgIpc) is 2.38. The van der Waals surface area contributed by atoms with Crippen molar-refractivity contribution in [2.75, 3.05) is 11.9 Å². The SMILES string of the molecule is CN(c1cc(CN)ccn1)c1ccccc1F. The first-order valence-corrected chi connectivity index (χ1v) is 5.35. The Kier molecular flexibility index (Phi) is 3.35. The van der Waals surface area contributed by atoms with Gasteiger partial charge in [0.15, 0.2) is 0 Å². The van der Waals surface area contributed by atoms with Crippen LogP contribution in [0.15, 0.2) is 42.6 Å². The normalized spacial score (nSPS) is 10.3. The topological polar surface area (TPSA) is 42.1 Å². The van der Waals surface area contributed by atoms with Crippen LogP contribution in [0.1, 0.15) is 5.56 Å². The first-order chi connectivity index (χ1) is 8.22. The second-order valence-corrected chi connectivity index (χ2v) is 3.74. The monoisotopic (exact) mass is 231 g/mol. The summed E-state index contributed by atoms with van der Waals surface area (Å²) in [6, 6.07) is 10.3. The zero-order chi connectivity index (χ0) is 12.3. The minimum Gasteiger partial charge on any atom is -0.327 e. The van der Waals surface area contributed by atoms with Gasteiger partial charge in [0.05, 0.1) is 5.69 Å². The molecule has 0 fully saturated rings. The molecule has 1 aromatic carbocycles. The number of anilines is 2. The molecule has 0 unspecified atom stereocenters. The Bertz CT molecular complexity index is 514. The summed E-state index contributed by atoms with van der Waals surface area (Å²) >= 11 is 0. The number of para-hydroxylation sites is 1. The maximum absolute atomic E-state index is 13.6. The van der Waals surface area contributed by atoms with E-state index in [1.165, 1.54) is 6.07 Å². The van der Waals surface area contributed by atoms with Crippen LogP contribution in [-0.4, -0.2) is 12.0 Å². The quantitative estimate of drug-likeness (QED) is 0.882. The Labute approximate surface area is 99.7 Å². The van der Waals surface area contributed by atoms with E-state index >= 15 is 0 Å². The summed E-state index contributed by atoms with van der Waals surface area (Å²) < 4.78 is 13.6. The standard InChI is InChI=1S/C13H14FN3/c1-17(12-5-3-2-4-11(12)14)13-8-10(9-15)6-7-16-13/h2-8H,9,15H2,1H3. The van der Waals surface area contributed by atoms with Crippen molar-refractivity contribution < 1.29 is 4.39 Å². The van der Waals surface area contributed by atoms with Gasteiger partial charge in [-0.05, 0) is 29.8 Å². The van der Waals surface area contributed by atoms with Gasteiger partial charge in [0.2, 0.25) is 0 Å². The smallest absolute Gasteiger partial charge is 0.146 e. The lowest BCUT2D eigenvalue weighted by molar-refractivity contribution is 0.627. The number of hydrogen-bond acceptors (Lipinski definition) is 3. The molecule has 3 nitrogen and oxygen atoms in total. The Morgan fingerprint density at radius 3 is 2.76 bits per heavy atom. The molecule has 1 heterocycles. The summed E-state index contributed by atoms with van der Waals surface area (Å²) in [5.74, 6) is 0.410. The summed E-state index contributed by atoms with van der Waals surface area (Å²) in [6.45, 7) is 0.445. The summed E-state index contributed by atoms with van der Waals surface area (Å²) in [4.78, 5) is 5.91. The highest BCUT2D eigenvalue weighted by atomic mass is 19.1. The Morgan fingerprint density at radius 2 is 2.06 bits per heavy atom. The summed E-state index contributed by atoms with van der Waals surface area (Å²) in [5.41, 5.74) is 7.03. The Hall–Kier alpha value is -1.94. The summed E-state index contributed by atoms with van der Waals surface area (Å²) in [6.07, 6.45) is 1.68. The third-order valence-corrected chi connectivity index (χ3v) is 2.60. The van der Waals surface area contributed by atoms with E-state index in [9.17, 15) is 4.39 Å². The number of rotatable bonds is 3. The van der Waals surface area contributed by atoms with Gasteiger partial charge in [0.25, 0.3) is 0 Å². The molecule has 2 rings (SSSR count). The maximum Gasteiger partial charge on any atom is 0.146 e. The highest BCUT2D eigenvalue weighted by Crippen LogP contribution is 2.24. The van der Waals surface area contributed by atoms with Gasteiger partial charge in [-0.2, -0.15) is 0 Å². The lowest BCUT2D eigenvalue weighted by atomic mass is 10.2. The molecule has 0 saturated carbocycles. The van der Waals surface area contributed by atoms with Gasteiger partial charge in [0, 0.05) is 19.8 Å². The van der Waals surface area contributed by atoms with Gasteiger partial charge < -0.3 is 10.6 Å². The third-order valence-electron chi connectivity index (χ3n) is 2.60. The van der Waals surface area contributed by atoms with Gasteiger partial charge in [0.1, 0.15) is 11.6 Å². The van der Waals surface area contributed by atoms with E-state index in [-0.39, 0.29) is 5.82 Å². The van der Waals surface area contributed by atoms with Crippen molar-refractivity contribution in [2.24, 2.45) is 5.73 Å². The molecule has 0 spiro atoms. The lowest BCUT2D eigenvalue weighted by Gasteiger charge is -2.19. The molecule has 0 aliphatic heterocycles. The van der Waals surface area contributed by atoms with Crippen LogP contribution in [0.3, 0.4) is 0 Å². The maximum atomic E-state index is 13.6. The van der Waals surface area contributed by atoms with E-state index in [4.69, 9.17) is 5.73 Å². The predicted molar refractivity (Wildman–Crippen MR) is 66.6 cm³/mol. The molecule has 88 valence electrons. The zero-order valence-electron chi connectivity index (χ0n) is 9.60. The predicted octanol–water partition coefficient (Wildman–Crippen LogP) is 2.45. The molecule has 0 bridgehead atoms. The number of nitrogens with two attached hydrogens (primary N) is 1. The molecule has 0 atom stereocenters. The zero-order valence-corrected chi connectivity index (χ0v) is 9.60. The van der Waals surface area contributed by atoms with E-state index in [0.29, 0.717) is 18.1 Å². The van der Waals surface area contributed by atoms with Crippen molar-refractivity contribution in [3.05, 3.63) is 54.0 Å². The minimum atomic E-state index is -0.269. The fourth-order valence-corrected chi connectivity index (χ4v) is 1.62. The van der Waals surface area contributed by atoms with E-state index in [2.05, 4.69) is 4.98 Å². The van der Waals surface area contributed by atoms with Crippen LogP contribution in [0.4, 0.5) is 15.9 Å². The average molecular weight is 231 g/mol. The number of aromatic nitrogens is 1. The lowest BCUT2D eigenvalue weighted by Crippen LogP contribution is -2.13. The van der Waals surface area contributed by atoms with Crippen LogP contribution in [0.2, 0.25) is 0 Å². The molecular weight excluding hydrogens is 217 g/mol. The van der Waals surface area contributed by atoms with Gasteiger partial charge in [-0.25, -0.2) is 9.37 Å². The molecule has 1 aromatic heterocycles. The fraction of sp³-hybridized carbons (Fsp3) is 0.154. The Balaban J connectivity index is 2.37. The molecule has 0 aliphatic rings. The van der Waals surface area contributed by atoms with Gasteiger partial charge in [-0.15, -0.1) is 0 Å². The van der Waals surface area contributed by atoms with Crippen molar-refractivity contribution in [3.63, 3.8) is 0 Å². The number of hydrogen-bond donors (Lipinski definition) is 1. The highest BCUT2D eigenvalue weighted by molar-refractivity contribution is 5.60. The van der Waals surface area contributed by atoms with Crippen molar-refractivity contribution in [2.45, 2.75) is 6.54 Å². The van der Waals surface area contributed by atoms with Crippen LogP contribution in [0, 0.1) is 5.82 Å². The van der Waals surface area contributed by atoms with Crippen molar-refractivity contribution in [3.8, 4) is 0 Å². The van der Waals surface area contributed by atoms with Gasteiger partial charge in [-0.1, -0.05) is 12.1 Å². The molecule has 0 saturated heterocycles.